The highest BCUT2D eigenvalue weighted by atomic mass is 29.3. The molecule has 0 radical (unpaired) electrons. The minimum Gasteiger partial charge on any atom is -0.0669 e. The van der Waals surface area contributed by atoms with E-state index < -0.39 is 15.2 Å². The van der Waals surface area contributed by atoms with Crippen molar-refractivity contribution in [2.24, 2.45) is 0 Å². The molecule has 0 unspecified atom stereocenters. The molecule has 1 heterocycles. The Morgan fingerprint density at radius 1 is 0.682 bits per heavy atom. The molecule has 0 amide bonds. The molecule has 1 fully saturated rings. The van der Waals surface area contributed by atoms with Crippen molar-refractivity contribution in [2.45, 2.75) is 51.9 Å². The predicted octanol–water partition coefficient (Wildman–Crippen LogP) is 4.45. The molecule has 1 saturated heterocycles. The molecule has 0 bridgehead atoms. The molecule has 2 aromatic carbocycles. The van der Waals surface area contributed by atoms with Crippen LogP contribution in [-0.4, -0.2) is 15.2 Å². The van der Waals surface area contributed by atoms with Crippen molar-refractivity contribution in [3.8, 4) is 0 Å². The Balaban J connectivity index is 2.15. The molecule has 2 heteroatoms. The normalized spacial score (nSPS) is 28.5. The second-order valence-corrected chi connectivity index (χ2v) is 21.7. The Labute approximate surface area is 137 Å². The maximum absolute atomic E-state index is 2.69. The maximum Gasteiger partial charge on any atom is 0.0824 e. The van der Waals surface area contributed by atoms with Crippen molar-refractivity contribution in [3.63, 3.8) is 0 Å². The van der Waals surface area contributed by atoms with Gasteiger partial charge < -0.3 is 0 Å². The average molecular weight is 325 g/mol. The van der Waals surface area contributed by atoms with E-state index in [0.29, 0.717) is 0 Å². The van der Waals surface area contributed by atoms with Crippen LogP contribution >= 0.6 is 0 Å². The number of aryl methyl sites for hydroxylation is 2. The molecule has 0 spiro atoms. The van der Waals surface area contributed by atoms with Crippen molar-refractivity contribution in [3.05, 3.63) is 59.7 Å². The van der Waals surface area contributed by atoms with E-state index in [4.69, 9.17) is 0 Å². The lowest BCUT2D eigenvalue weighted by Gasteiger charge is -2.48. The third-order valence-electron chi connectivity index (χ3n) is 6.13. The van der Waals surface area contributed by atoms with Crippen molar-refractivity contribution >= 4 is 25.6 Å². The van der Waals surface area contributed by atoms with Gasteiger partial charge in [-0.3, -0.25) is 0 Å². The topological polar surface area (TPSA) is 0 Å². The van der Waals surface area contributed by atoms with Gasteiger partial charge in [-0.1, -0.05) is 108 Å². The summed E-state index contributed by atoms with van der Waals surface area (Å²) in [5, 5.41) is 3.42. The summed E-state index contributed by atoms with van der Waals surface area (Å²) in [6.45, 7) is 9.87. The second kappa shape index (κ2) is 5.82. The fraction of sp³-hybridized carbons (Fsp3) is 0.400. The van der Waals surface area contributed by atoms with Gasteiger partial charge in [-0.15, -0.1) is 0 Å². The largest absolute Gasteiger partial charge is 0.0824 e. The van der Waals surface area contributed by atoms with Gasteiger partial charge in [0.05, 0.1) is 15.2 Å². The van der Waals surface area contributed by atoms with E-state index >= 15 is 0 Å². The SMILES string of the molecule is Cc1cccc([Si@]2(C)CCCC[Si@@]2(C)c2cccc(C)c2)c1. The van der Waals surface area contributed by atoms with Gasteiger partial charge in [-0.25, -0.2) is 0 Å². The molecule has 3 rings (SSSR count). The Hall–Kier alpha value is -1.13. The van der Waals surface area contributed by atoms with Gasteiger partial charge in [0, 0.05) is 0 Å². The molecule has 1 aliphatic rings. The van der Waals surface area contributed by atoms with Gasteiger partial charge in [0.15, 0.2) is 0 Å². The third kappa shape index (κ3) is 2.52. The molecule has 0 saturated carbocycles. The van der Waals surface area contributed by atoms with E-state index in [1.165, 1.54) is 36.1 Å². The van der Waals surface area contributed by atoms with Crippen LogP contribution in [0, 0.1) is 13.8 Å². The van der Waals surface area contributed by atoms with Gasteiger partial charge in [-0.2, -0.15) is 0 Å². The minimum atomic E-state index is -1.42. The van der Waals surface area contributed by atoms with Crippen LogP contribution in [0.5, 0.6) is 0 Å². The zero-order valence-corrected chi connectivity index (χ0v) is 16.4. The fourth-order valence-electron chi connectivity index (χ4n) is 4.41. The minimum absolute atomic E-state index is 1.42. The first-order valence-corrected chi connectivity index (χ1v) is 15.0. The molecular formula is C20H28Si2. The molecule has 2 atom stereocenters. The Bertz CT molecular complexity index is 619. The zero-order chi connectivity index (χ0) is 15.8. The van der Waals surface area contributed by atoms with Crippen LogP contribution in [-0.2, 0) is 0 Å². The van der Waals surface area contributed by atoms with E-state index in [2.05, 4.69) is 75.5 Å². The molecular weight excluding hydrogens is 296 g/mol. The summed E-state index contributed by atoms with van der Waals surface area (Å²) in [6.07, 6.45) is 2.87. The summed E-state index contributed by atoms with van der Waals surface area (Å²) < 4.78 is 0. The van der Waals surface area contributed by atoms with Gasteiger partial charge in [0.2, 0.25) is 0 Å². The molecule has 116 valence electrons. The lowest BCUT2D eigenvalue weighted by atomic mass is 10.2. The van der Waals surface area contributed by atoms with Crippen LogP contribution in [0.2, 0.25) is 25.2 Å². The first-order chi connectivity index (χ1) is 10.5. The molecule has 22 heavy (non-hydrogen) atoms. The summed E-state index contributed by atoms with van der Waals surface area (Å²) in [6, 6.07) is 21.9. The van der Waals surface area contributed by atoms with Crippen LogP contribution in [0.25, 0.3) is 0 Å². The van der Waals surface area contributed by atoms with Crippen LogP contribution in [0.4, 0.5) is 0 Å². The quantitative estimate of drug-likeness (QED) is 0.716. The van der Waals surface area contributed by atoms with Gasteiger partial charge >= 0.3 is 0 Å². The van der Waals surface area contributed by atoms with Crippen molar-refractivity contribution in [2.75, 3.05) is 0 Å². The van der Waals surface area contributed by atoms with Crippen molar-refractivity contribution < 1.29 is 0 Å². The molecule has 0 aliphatic carbocycles. The van der Waals surface area contributed by atoms with Crippen LogP contribution in [0.15, 0.2) is 48.5 Å². The second-order valence-electron chi connectivity index (χ2n) is 7.61. The standard InChI is InChI=1S/C20H28Si2/c1-17-9-7-11-19(15-17)21(3)13-5-6-14-22(21,4)20-12-8-10-18(2)16-20/h7-12,15-16H,5-6,13-14H2,1-4H3/t21-,22-/m0/s1. The van der Waals surface area contributed by atoms with Gasteiger partial charge in [0.1, 0.15) is 0 Å². The van der Waals surface area contributed by atoms with Crippen LogP contribution in [0.3, 0.4) is 0 Å². The number of hydrogen-bond donors (Lipinski definition) is 0. The van der Waals surface area contributed by atoms with E-state index in [1.807, 2.05) is 0 Å². The van der Waals surface area contributed by atoms with Gasteiger partial charge in [0.25, 0.3) is 0 Å². The first kappa shape index (κ1) is 15.8. The van der Waals surface area contributed by atoms with Crippen molar-refractivity contribution in [1.82, 2.24) is 0 Å². The number of hydrogen-bond acceptors (Lipinski definition) is 0. The Morgan fingerprint density at radius 2 is 1.09 bits per heavy atom. The number of benzene rings is 2. The van der Waals surface area contributed by atoms with Gasteiger partial charge in [-0.05, 0) is 13.8 Å². The van der Waals surface area contributed by atoms with E-state index in [-0.39, 0.29) is 0 Å². The lowest BCUT2D eigenvalue weighted by molar-refractivity contribution is 0.844. The van der Waals surface area contributed by atoms with E-state index in [1.54, 1.807) is 10.4 Å². The molecule has 2 aromatic rings. The summed E-state index contributed by atoms with van der Waals surface area (Å²) in [4.78, 5) is 0. The number of rotatable bonds is 2. The lowest BCUT2D eigenvalue weighted by Crippen LogP contribution is -2.73. The summed E-state index contributed by atoms with van der Waals surface area (Å²) in [5.74, 6) is 0. The Kier molecular flexibility index (Phi) is 4.17. The van der Waals surface area contributed by atoms with E-state index in [0.717, 1.165) is 0 Å². The smallest absolute Gasteiger partial charge is 0.0669 e. The highest BCUT2D eigenvalue weighted by molar-refractivity contribution is 7.50. The van der Waals surface area contributed by atoms with Crippen LogP contribution in [0.1, 0.15) is 24.0 Å². The fourth-order valence-corrected chi connectivity index (χ4v) is 20.4. The zero-order valence-electron chi connectivity index (χ0n) is 14.4. The first-order valence-electron chi connectivity index (χ1n) is 8.60. The van der Waals surface area contributed by atoms with E-state index in [9.17, 15) is 0 Å². The molecule has 0 aromatic heterocycles. The van der Waals surface area contributed by atoms with Crippen molar-refractivity contribution in [1.29, 1.82) is 0 Å². The molecule has 0 nitrogen and oxygen atoms in total. The predicted molar refractivity (Wildman–Crippen MR) is 104 cm³/mol. The highest BCUT2D eigenvalue weighted by Crippen LogP contribution is 2.35. The summed E-state index contributed by atoms with van der Waals surface area (Å²) >= 11 is 0. The highest BCUT2D eigenvalue weighted by Gasteiger charge is 2.51. The Morgan fingerprint density at radius 3 is 1.45 bits per heavy atom. The van der Waals surface area contributed by atoms with Crippen LogP contribution < -0.4 is 10.4 Å². The average Bonchev–Trinajstić information content (AvgIpc) is 2.50. The summed E-state index contributed by atoms with van der Waals surface area (Å²) in [7, 11) is -2.85. The molecule has 1 aliphatic heterocycles. The third-order valence-corrected chi connectivity index (χ3v) is 25.0. The maximum atomic E-state index is 2.69. The summed E-state index contributed by atoms with van der Waals surface area (Å²) in [5.41, 5.74) is 2.86. The molecule has 0 N–H and O–H groups in total. The monoisotopic (exact) mass is 324 g/mol.